The Bertz CT molecular complexity index is 806. The van der Waals surface area contributed by atoms with Crippen molar-refractivity contribution in [1.29, 1.82) is 0 Å². The predicted octanol–water partition coefficient (Wildman–Crippen LogP) is 4.20. The van der Waals surface area contributed by atoms with Crippen molar-refractivity contribution in [3.05, 3.63) is 40.4 Å². The number of hydrogen-bond acceptors (Lipinski definition) is 4. The maximum atomic E-state index is 13.7. The van der Waals surface area contributed by atoms with E-state index in [1.807, 2.05) is 13.8 Å². The number of benzene rings is 1. The van der Waals surface area contributed by atoms with Crippen LogP contribution in [0, 0.1) is 19.7 Å². The summed E-state index contributed by atoms with van der Waals surface area (Å²) in [5.41, 5.74) is 2.09. The van der Waals surface area contributed by atoms with Crippen LogP contribution < -0.4 is 5.32 Å². The number of halogens is 2. The molecule has 1 fully saturated rings. The number of nitrogens with zero attached hydrogens (tertiary/aromatic N) is 2. The number of imidazole rings is 1. The van der Waals surface area contributed by atoms with Crippen molar-refractivity contribution in [3.63, 3.8) is 0 Å². The third kappa shape index (κ3) is 4.58. The van der Waals surface area contributed by atoms with Crippen LogP contribution in [-0.2, 0) is 16.1 Å². The highest BCUT2D eigenvalue weighted by Gasteiger charge is 2.21. The van der Waals surface area contributed by atoms with Crippen molar-refractivity contribution in [2.45, 2.75) is 44.5 Å². The Morgan fingerprint density at radius 3 is 3.04 bits per heavy atom. The molecule has 0 aliphatic carbocycles. The minimum absolute atomic E-state index is 0.0816. The highest BCUT2D eigenvalue weighted by Crippen LogP contribution is 2.25. The van der Waals surface area contributed by atoms with Crippen molar-refractivity contribution in [1.82, 2.24) is 9.55 Å². The largest absolute Gasteiger partial charge is 0.376 e. The monoisotopic (exact) mass is 397 g/mol. The molecule has 1 amide bonds. The number of carbonyl (C=O) groups excluding carboxylic acids is 1. The normalized spacial score (nSPS) is 16.8. The van der Waals surface area contributed by atoms with E-state index in [9.17, 15) is 9.18 Å². The van der Waals surface area contributed by atoms with E-state index in [0.717, 1.165) is 42.5 Å². The molecule has 0 saturated carbocycles. The molecule has 1 aliphatic heterocycles. The molecule has 1 aromatic carbocycles. The molecule has 2 aromatic rings. The molecule has 140 valence electrons. The zero-order valence-corrected chi connectivity index (χ0v) is 16.3. The Morgan fingerprint density at radius 1 is 1.50 bits per heavy atom. The van der Waals surface area contributed by atoms with Gasteiger partial charge in [-0.1, -0.05) is 23.4 Å². The molecule has 1 atom stereocenters. The average molecular weight is 398 g/mol. The highest BCUT2D eigenvalue weighted by atomic mass is 35.5. The summed E-state index contributed by atoms with van der Waals surface area (Å²) in [6.07, 6.45) is 2.30. The molecule has 0 spiro atoms. The quantitative estimate of drug-likeness (QED) is 0.742. The number of rotatable bonds is 6. The minimum atomic E-state index is -0.515. The Labute approximate surface area is 161 Å². The van der Waals surface area contributed by atoms with Crippen LogP contribution in [0.5, 0.6) is 0 Å². The molecule has 26 heavy (non-hydrogen) atoms. The van der Waals surface area contributed by atoms with E-state index >= 15 is 0 Å². The fraction of sp³-hybridized carbons (Fsp3) is 0.444. The van der Waals surface area contributed by atoms with Gasteiger partial charge in [-0.25, -0.2) is 9.37 Å². The van der Waals surface area contributed by atoms with E-state index < -0.39 is 5.82 Å². The average Bonchev–Trinajstić information content (AvgIpc) is 3.20. The molecule has 1 N–H and O–H groups in total. The number of thioether (sulfide) groups is 1. The van der Waals surface area contributed by atoms with E-state index in [-0.39, 0.29) is 23.5 Å². The number of aromatic nitrogens is 2. The molecule has 1 aromatic heterocycles. The first-order valence-electron chi connectivity index (χ1n) is 8.47. The molecular weight excluding hydrogens is 377 g/mol. The van der Waals surface area contributed by atoms with Gasteiger partial charge in [0, 0.05) is 17.3 Å². The number of carbonyl (C=O) groups is 1. The van der Waals surface area contributed by atoms with Gasteiger partial charge >= 0.3 is 0 Å². The summed E-state index contributed by atoms with van der Waals surface area (Å²) in [4.78, 5) is 16.8. The minimum Gasteiger partial charge on any atom is -0.376 e. The van der Waals surface area contributed by atoms with Crippen LogP contribution in [0.15, 0.2) is 23.4 Å². The summed E-state index contributed by atoms with van der Waals surface area (Å²) in [6.45, 7) is 5.50. The fourth-order valence-corrected chi connectivity index (χ4v) is 3.92. The summed E-state index contributed by atoms with van der Waals surface area (Å²) >= 11 is 7.18. The lowest BCUT2D eigenvalue weighted by molar-refractivity contribution is -0.113. The maximum absolute atomic E-state index is 13.7. The summed E-state index contributed by atoms with van der Waals surface area (Å²) in [6, 6.07) is 4.06. The summed E-state index contributed by atoms with van der Waals surface area (Å²) < 4.78 is 21.5. The van der Waals surface area contributed by atoms with Gasteiger partial charge in [-0.15, -0.1) is 0 Å². The van der Waals surface area contributed by atoms with Gasteiger partial charge in [0.2, 0.25) is 5.91 Å². The van der Waals surface area contributed by atoms with Crippen molar-refractivity contribution < 1.29 is 13.9 Å². The molecule has 0 bridgehead atoms. The van der Waals surface area contributed by atoms with Gasteiger partial charge < -0.3 is 14.6 Å². The molecule has 1 unspecified atom stereocenters. The van der Waals surface area contributed by atoms with Gasteiger partial charge in [0.1, 0.15) is 5.82 Å². The Hall–Kier alpha value is -1.57. The number of anilines is 1. The van der Waals surface area contributed by atoms with Crippen molar-refractivity contribution in [3.8, 4) is 0 Å². The lowest BCUT2D eigenvalue weighted by atomic mass is 10.2. The Balaban J connectivity index is 1.64. The van der Waals surface area contributed by atoms with Crippen LogP contribution in [0.3, 0.4) is 0 Å². The van der Waals surface area contributed by atoms with Crippen LogP contribution in [0.1, 0.15) is 24.2 Å². The van der Waals surface area contributed by atoms with E-state index in [1.165, 1.54) is 30.0 Å². The second kappa shape index (κ2) is 8.41. The first kappa shape index (κ1) is 19.2. The summed E-state index contributed by atoms with van der Waals surface area (Å²) in [7, 11) is 0. The third-order valence-electron chi connectivity index (χ3n) is 4.37. The smallest absolute Gasteiger partial charge is 0.234 e. The van der Waals surface area contributed by atoms with Gasteiger partial charge in [0.25, 0.3) is 0 Å². The number of hydrogen-bond donors (Lipinski definition) is 1. The lowest BCUT2D eigenvalue weighted by Crippen LogP contribution is -2.18. The van der Waals surface area contributed by atoms with Crippen molar-refractivity contribution >= 4 is 35.0 Å². The van der Waals surface area contributed by atoms with E-state index in [0.29, 0.717) is 5.02 Å². The van der Waals surface area contributed by atoms with Gasteiger partial charge in [0.15, 0.2) is 5.16 Å². The van der Waals surface area contributed by atoms with Crippen molar-refractivity contribution in [2.24, 2.45) is 0 Å². The Kier molecular flexibility index (Phi) is 6.21. The van der Waals surface area contributed by atoms with Crippen LogP contribution in [0.4, 0.5) is 10.1 Å². The van der Waals surface area contributed by atoms with Crippen LogP contribution in [-0.4, -0.2) is 33.9 Å². The lowest BCUT2D eigenvalue weighted by Gasteiger charge is -2.14. The predicted molar refractivity (Wildman–Crippen MR) is 101 cm³/mol. The molecule has 0 radical (unpaired) electrons. The molecule has 8 heteroatoms. The first-order valence-corrected chi connectivity index (χ1v) is 9.83. The van der Waals surface area contributed by atoms with E-state index in [2.05, 4.69) is 14.9 Å². The molecule has 2 heterocycles. The van der Waals surface area contributed by atoms with Crippen LogP contribution >= 0.6 is 23.4 Å². The summed E-state index contributed by atoms with van der Waals surface area (Å²) in [5, 5.41) is 3.70. The topological polar surface area (TPSA) is 56.2 Å². The third-order valence-corrected chi connectivity index (χ3v) is 5.58. The number of ether oxygens (including phenoxy) is 1. The zero-order valence-electron chi connectivity index (χ0n) is 14.7. The highest BCUT2D eigenvalue weighted by molar-refractivity contribution is 7.99. The molecule has 5 nitrogen and oxygen atoms in total. The van der Waals surface area contributed by atoms with E-state index in [1.54, 1.807) is 0 Å². The van der Waals surface area contributed by atoms with Gasteiger partial charge in [-0.3, -0.25) is 4.79 Å². The number of aryl methyl sites for hydroxylation is 1. The number of amides is 1. The van der Waals surface area contributed by atoms with Gasteiger partial charge in [-0.2, -0.15) is 0 Å². The second-order valence-corrected chi connectivity index (χ2v) is 7.65. The van der Waals surface area contributed by atoms with Gasteiger partial charge in [-0.05, 0) is 44.9 Å². The molecule has 3 rings (SSSR count). The number of nitrogens with one attached hydrogen (secondary N) is 1. The SMILES string of the molecule is Cc1nc(SCC(=O)Nc2cc(Cl)ccc2F)n(CC2CCCO2)c1C. The second-order valence-electron chi connectivity index (χ2n) is 6.27. The molecule has 1 saturated heterocycles. The van der Waals surface area contributed by atoms with Crippen LogP contribution in [0.25, 0.3) is 0 Å². The van der Waals surface area contributed by atoms with E-state index in [4.69, 9.17) is 16.3 Å². The first-order chi connectivity index (χ1) is 12.4. The van der Waals surface area contributed by atoms with Crippen LogP contribution in [0.2, 0.25) is 5.02 Å². The molecular formula is C18H21ClFN3O2S. The Morgan fingerprint density at radius 2 is 2.31 bits per heavy atom. The molecule has 1 aliphatic rings. The van der Waals surface area contributed by atoms with Gasteiger partial charge in [0.05, 0.1) is 29.8 Å². The maximum Gasteiger partial charge on any atom is 0.234 e. The standard InChI is InChI=1S/C18H21ClFN3O2S/c1-11-12(2)23(9-14-4-3-7-25-14)18(21-11)26-10-17(24)22-16-8-13(19)5-6-15(16)20/h5-6,8,14H,3-4,7,9-10H2,1-2H3,(H,22,24). The zero-order chi connectivity index (χ0) is 18.7. The fourth-order valence-electron chi connectivity index (χ4n) is 2.85. The summed E-state index contributed by atoms with van der Waals surface area (Å²) in [5.74, 6) is -0.689. The van der Waals surface area contributed by atoms with Crippen molar-refractivity contribution in [2.75, 3.05) is 17.7 Å².